The van der Waals surface area contributed by atoms with Crippen LogP contribution in [0.5, 0.6) is 0 Å². The van der Waals surface area contributed by atoms with Crippen molar-refractivity contribution in [3.63, 3.8) is 0 Å². The minimum absolute atomic E-state index is 0.635. The van der Waals surface area contributed by atoms with Gasteiger partial charge in [-0.05, 0) is 50.3 Å². The van der Waals surface area contributed by atoms with E-state index in [9.17, 15) is 0 Å². The second kappa shape index (κ2) is 6.12. The Bertz CT molecular complexity index is 1130. The molecule has 4 aromatic rings. The molecule has 2 aromatic heterocycles. The van der Waals surface area contributed by atoms with Crippen molar-refractivity contribution in [2.24, 2.45) is 4.99 Å². The third-order valence-electron chi connectivity index (χ3n) is 3.65. The number of rotatable bonds is 2. The molecule has 0 saturated carbocycles. The summed E-state index contributed by atoms with van der Waals surface area (Å²) in [5.41, 5.74) is 5.10. The number of hydrogen-bond donors (Lipinski definition) is 0. The number of hydrogen-bond acceptors (Lipinski definition) is 5. The molecule has 120 valence electrons. The number of aromatic nitrogens is 1. The molecule has 0 aliphatic carbocycles. The normalized spacial score (nSPS) is 12.2. The molecule has 0 aliphatic rings. The molecule has 4 rings (SSSR count). The third-order valence-corrected chi connectivity index (χ3v) is 6.01. The second-order valence-corrected chi connectivity index (χ2v) is 8.41. The molecule has 0 amide bonds. The molecule has 0 unspecified atom stereocenters. The van der Waals surface area contributed by atoms with Crippen LogP contribution in [0.15, 0.2) is 57.9 Å². The zero-order chi connectivity index (χ0) is 16.7. The van der Waals surface area contributed by atoms with Crippen LogP contribution in [0.25, 0.3) is 15.4 Å². The molecule has 0 N–H and O–H groups in total. The van der Waals surface area contributed by atoms with Gasteiger partial charge in [-0.25, -0.2) is 4.99 Å². The first kappa shape index (κ1) is 15.5. The molecule has 0 saturated heterocycles. The van der Waals surface area contributed by atoms with Gasteiger partial charge in [0.2, 0.25) is 5.71 Å². The number of aryl methyl sites for hydroxylation is 2. The number of fused-ring (bicyclic) bond motifs is 1. The van der Waals surface area contributed by atoms with Gasteiger partial charge in [0.15, 0.2) is 3.95 Å². The minimum Gasteiger partial charge on any atom is -0.411 e. The Morgan fingerprint density at radius 1 is 0.917 bits per heavy atom. The molecule has 0 radical (unpaired) electrons. The van der Waals surface area contributed by atoms with Crippen LogP contribution in [-0.4, -0.2) is 4.57 Å². The highest BCUT2D eigenvalue weighted by Gasteiger charge is 2.12. The van der Waals surface area contributed by atoms with Gasteiger partial charge in [0.25, 0.3) is 4.87 Å². The number of thiazole rings is 1. The summed E-state index contributed by atoms with van der Waals surface area (Å²) >= 11 is 8.59. The Balaban J connectivity index is 1.86. The predicted octanol–water partition coefficient (Wildman–Crippen LogP) is 5.93. The molecular formula is C18H14N2OS3. The van der Waals surface area contributed by atoms with Crippen LogP contribution >= 0.6 is 34.9 Å². The SMILES string of the molecule is Cc1ccc(N=c2oc3c(s2)sc(=S)n3-c2ccc(C)cc2)cc1. The summed E-state index contributed by atoms with van der Waals surface area (Å²) in [6.07, 6.45) is 0. The van der Waals surface area contributed by atoms with Gasteiger partial charge in [-0.15, -0.1) is 0 Å². The van der Waals surface area contributed by atoms with Crippen LogP contribution in [0.1, 0.15) is 11.1 Å². The van der Waals surface area contributed by atoms with Gasteiger partial charge in [-0.2, -0.15) is 0 Å². The highest BCUT2D eigenvalue weighted by molar-refractivity contribution is 7.74. The van der Waals surface area contributed by atoms with Gasteiger partial charge >= 0.3 is 0 Å². The smallest absolute Gasteiger partial charge is 0.282 e. The Kier molecular flexibility index (Phi) is 3.96. The zero-order valence-corrected chi connectivity index (χ0v) is 15.6. The predicted molar refractivity (Wildman–Crippen MR) is 103 cm³/mol. The third kappa shape index (κ3) is 2.88. The summed E-state index contributed by atoms with van der Waals surface area (Å²) in [7, 11) is 0. The molecule has 2 aromatic carbocycles. The Labute approximate surface area is 152 Å². The van der Waals surface area contributed by atoms with Gasteiger partial charge < -0.3 is 4.42 Å². The van der Waals surface area contributed by atoms with Crippen molar-refractivity contribution in [1.82, 2.24) is 4.57 Å². The maximum atomic E-state index is 6.00. The molecule has 0 bridgehead atoms. The summed E-state index contributed by atoms with van der Waals surface area (Å²) in [5.74, 6) is 0. The van der Waals surface area contributed by atoms with E-state index >= 15 is 0 Å². The first-order valence-electron chi connectivity index (χ1n) is 7.44. The zero-order valence-electron chi connectivity index (χ0n) is 13.1. The molecule has 0 spiro atoms. The Morgan fingerprint density at radius 2 is 1.54 bits per heavy atom. The molecule has 6 heteroatoms. The maximum Gasteiger partial charge on any atom is 0.282 e. The minimum atomic E-state index is 0.635. The van der Waals surface area contributed by atoms with E-state index < -0.39 is 0 Å². The standard InChI is InChI=1S/C18H14N2OS3/c1-11-3-7-13(8-4-11)19-17-21-15-16(23-17)24-18(22)20(15)14-9-5-12(2)6-10-14/h3-10H,1-2H3. The fraction of sp³-hybridized carbons (Fsp3) is 0.111. The van der Waals surface area contributed by atoms with E-state index in [0.717, 1.165) is 25.1 Å². The van der Waals surface area contributed by atoms with Crippen LogP contribution in [0.2, 0.25) is 0 Å². The first-order chi connectivity index (χ1) is 11.6. The summed E-state index contributed by atoms with van der Waals surface area (Å²) in [4.78, 5) is 5.22. The van der Waals surface area contributed by atoms with Crippen molar-refractivity contribution < 1.29 is 4.42 Å². The Morgan fingerprint density at radius 3 is 2.21 bits per heavy atom. The molecule has 0 fully saturated rings. The molecule has 24 heavy (non-hydrogen) atoms. The summed E-state index contributed by atoms with van der Waals surface area (Å²) < 4.78 is 9.80. The lowest BCUT2D eigenvalue weighted by molar-refractivity contribution is 0.551. The van der Waals surface area contributed by atoms with Crippen molar-refractivity contribution in [2.75, 3.05) is 0 Å². The van der Waals surface area contributed by atoms with Gasteiger partial charge in [0.1, 0.15) is 4.01 Å². The average molecular weight is 371 g/mol. The first-order valence-corrected chi connectivity index (χ1v) is 9.48. The summed E-state index contributed by atoms with van der Waals surface area (Å²) in [5, 5.41) is 0. The molecule has 2 heterocycles. The lowest BCUT2D eigenvalue weighted by Gasteiger charge is -2.02. The monoisotopic (exact) mass is 370 g/mol. The van der Waals surface area contributed by atoms with Crippen LogP contribution in [0, 0.1) is 17.8 Å². The van der Waals surface area contributed by atoms with Crippen molar-refractivity contribution in [3.05, 3.63) is 68.5 Å². The molecule has 3 nitrogen and oxygen atoms in total. The van der Waals surface area contributed by atoms with Crippen LogP contribution in [0.3, 0.4) is 0 Å². The number of benzene rings is 2. The van der Waals surface area contributed by atoms with Gasteiger partial charge in [-0.1, -0.05) is 58.1 Å². The van der Waals surface area contributed by atoms with E-state index in [0.29, 0.717) is 4.87 Å². The fourth-order valence-corrected chi connectivity index (χ4v) is 4.89. The van der Waals surface area contributed by atoms with E-state index in [1.54, 1.807) is 11.3 Å². The molecular weight excluding hydrogens is 356 g/mol. The summed E-state index contributed by atoms with van der Waals surface area (Å²) in [6, 6.07) is 16.3. The highest BCUT2D eigenvalue weighted by atomic mass is 32.2. The van der Waals surface area contributed by atoms with Crippen LogP contribution in [-0.2, 0) is 0 Å². The lowest BCUT2D eigenvalue weighted by atomic mass is 10.2. The highest BCUT2D eigenvalue weighted by Crippen LogP contribution is 2.29. The van der Waals surface area contributed by atoms with E-state index in [2.05, 4.69) is 43.1 Å². The van der Waals surface area contributed by atoms with E-state index in [4.69, 9.17) is 16.6 Å². The van der Waals surface area contributed by atoms with Gasteiger partial charge in [0.05, 0.1) is 11.4 Å². The average Bonchev–Trinajstić information content (AvgIpc) is 3.06. The molecule has 0 aliphatic heterocycles. The maximum absolute atomic E-state index is 6.00. The second-order valence-electron chi connectivity index (χ2n) is 5.55. The quantitative estimate of drug-likeness (QED) is 0.410. The fourth-order valence-electron chi connectivity index (χ4n) is 2.36. The number of nitrogens with zero attached hydrogens (tertiary/aromatic N) is 2. The largest absolute Gasteiger partial charge is 0.411 e. The van der Waals surface area contributed by atoms with Crippen molar-refractivity contribution in [1.29, 1.82) is 0 Å². The van der Waals surface area contributed by atoms with E-state index in [1.807, 2.05) is 28.8 Å². The van der Waals surface area contributed by atoms with Crippen molar-refractivity contribution in [2.45, 2.75) is 13.8 Å². The van der Waals surface area contributed by atoms with Crippen LogP contribution < -0.4 is 4.87 Å². The van der Waals surface area contributed by atoms with E-state index in [-0.39, 0.29) is 0 Å². The molecule has 0 atom stereocenters. The van der Waals surface area contributed by atoms with Crippen LogP contribution in [0.4, 0.5) is 5.69 Å². The van der Waals surface area contributed by atoms with Gasteiger partial charge in [-0.3, -0.25) is 4.57 Å². The van der Waals surface area contributed by atoms with Crippen molar-refractivity contribution in [3.8, 4) is 5.69 Å². The lowest BCUT2D eigenvalue weighted by Crippen LogP contribution is -1.94. The Hall–Kier alpha value is -2.02. The van der Waals surface area contributed by atoms with Gasteiger partial charge in [0, 0.05) is 0 Å². The van der Waals surface area contributed by atoms with E-state index in [1.165, 1.54) is 22.5 Å². The van der Waals surface area contributed by atoms with Crippen molar-refractivity contribution >= 4 is 50.3 Å². The summed E-state index contributed by atoms with van der Waals surface area (Å²) in [6.45, 7) is 4.13. The topological polar surface area (TPSA) is 30.4 Å².